The van der Waals surface area contributed by atoms with E-state index < -0.39 is 14.6 Å². The SMILES string of the molecule is O.O.[Ba+2].[Ba+2].[Ba+2].[O-]B([O-])[O-].[O-]B([O-])[O-]. The van der Waals surface area contributed by atoms with Crippen LogP contribution in [-0.4, -0.2) is 172 Å². The molecule has 0 saturated carbocycles. The third kappa shape index (κ3) is 170. The molecule has 0 aromatic carbocycles. The quantitative estimate of drug-likeness (QED) is 0.261. The van der Waals surface area contributed by atoms with Crippen LogP contribution < -0.4 is 30.1 Å². The largest absolute Gasteiger partial charge is 2.00 e. The molecule has 0 radical (unpaired) electrons. The van der Waals surface area contributed by atoms with E-state index in [1.54, 1.807) is 0 Å². The number of hydrogen-bond donors (Lipinski definition) is 0. The first-order chi connectivity index (χ1) is 3.46. The first-order valence-corrected chi connectivity index (χ1v) is 1.41. The molecule has 0 heterocycles. The summed E-state index contributed by atoms with van der Waals surface area (Å²) in [5.41, 5.74) is 0. The van der Waals surface area contributed by atoms with Crippen LogP contribution >= 0.6 is 0 Å². The normalized spacial score (nSPS) is 4.15. The summed E-state index contributed by atoms with van der Waals surface area (Å²) >= 11 is 0. The van der Waals surface area contributed by atoms with Crippen molar-refractivity contribution in [3.63, 3.8) is 0 Å². The predicted octanol–water partition coefficient (Wildman–Crippen LogP) is -10.7. The molecular formula is H4B2Ba3O8. The van der Waals surface area contributed by atoms with Gasteiger partial charge in [-0.2, -0.15) is 0 Å². The van der Waals surface area contributed by atoms with Gasteiger partial charge >= 0.3 is 147 Å². The minimum atomic E-state index is -2.92. The van der Waals surface area contributed by atoms with Crippen molar-refractivity contribution in [2.45, 2.75) is 0 Å². The van der Waals surface area contributed by atoms with Crippen molar-refractivity contribution in [2.24, 2.45) is 0 Å². The fraction of sp³-hybridized carbons (Fsp3) is 0. The van der Waals surface area contributed by atoms with Crippen molar-refractivity contribution >= 4 is 161 Å². The maximum atomic E-state index is 8.42. The Labute approximate surface area is 197 Å². The van der Waals surface area contributed by atoms with Crippen molar-refractivity contribution in [1.29, 1.82) is 0 Å². The van der Waals surface area contributed by atoms with Crippen molar-refractivity contribution < 1.29 is 41.1 Å². The Morgan fingerprint density at radius 1 is 0.462 bits per heavy atom. The van der Waals surface area contributed by atoms with Gasteiger partial charge in [0, 0.05) is 0 Å². The summed E-state index contributed by atoms with van der Waals surface area (Å²) in [6.07, 6.45) is 0. The van der Waals surface area contributed by atoms with Gasteiger partial charge in [0.25, 0.3) is 0 Å². The van der Waals surface area contributed by atoms with E-state index >= 15 is 0 Å². The van der Waals surface area contributed by atoms with E-state index in [-0.39, 0.29) is 158 Å². The second kappa shape index (κ2) is 36.0. The molecule has 0 fully saturated rings. The summed E-state index contributed by atoms with van der Waals surface area (Å²) in [6.45, 7) is 0. The molecule has 0 saturated heterocycles. The molecule has 0 aliphatic heterocycles. The molecule has 4 N–H and O–H groups in total. The molecular weight excluding hydrogens is 562 g/mol. The molecule has 0 unspecified atom stereocenters. The fourth-order valence-electron chi connectivity index (χ4n) is 0. The van der Waals surface area contributed by atoms with Gasteiger partial charge in [-0.25, -0.2) is 0 Å². The van der Waals surface area contributed by atoms with Gasteiger partial charge in [-0.05, 0) is 0 Å². The first kappa shape index (κ1) is 43.2. The average Bonchev–Trinajstić information content (AvgIpc) is 1.25. The maximum Gasteiger partial charge on any atom is 2.00 e. The molecule has 0 bridgehead atoms. The second-order valence-electron chi connectivity index (χ2n) is 0.577. The van der Waals surface area contributed by atoms with Gasteiger partial charge < -0.3 is 41.1 Å². The van der Waals surface area contributed by atoms with Crippen molar-refractivity contribution in [3.8, 4) is 0 Å². The third-order valence-corrected chi connectivity index (χ3v) is 0. The van der Waals surface area contributed by atoms with Gasteiger partial charge in [0.05, 0.1) is 0 Å². The molecule has 0 atom stereocenters. The molecule has 0 aromatic heterocycles. The molecule has 0 spiro atoms. The van der Waals surface area contributed by atoms with Gasteiger partial charge in [-0.3, -0.25) is 14.6 Å². The molecule has 64 valence electrons. The van der Waals surface area contributed by atoms with Crippen LogP contribution in [0, 0.1) is 0 Å². The van der Waals surface area contributed by atoms with Crippen LogP contribution in [0.3, 0.4) is 0 Å². The van der Waals surface area contributed by atoms with Crippen molar-refractivity contribution in [3.05, 3.63) is 0 Å². The molecule has 0 amide bonds. The van der Waals surface area contributed by atoms with Gasteiger partial charge in [-0.1, -0.05) is 0 Å². The monoisotopic (exact) mass is 568 g/mol. The Morgan fingerprint density at radius 2 is 0.462 bits per heavy atom. The Bertz CT molecular complexity index is 32.9. The van der Waals surface area contributed by atoms with Crippen molar-refractivity contribution in [2.75, 3.05) is 0 Å². The van der Waals surface area contributed by atoms with Gasteiger partial charge in [0.2, 0.25) is 0 Å². The molecule has 13 heteroatoms. The molecule has 0 aliphatic carbocycles. The van der Waals surface area contributed by atoms with Gasteiger partial charge in [0.15, 0.2) is 0 Å². The van der Waals surface area contributed by atoms with Crippen LogP contribution in [0.2, 0.25) is 0 Å². The average molecular weight is 566 g/mol. The smallest absolute Gasteiger partial charge is 0.907 e. The van der Waals surface area contributed by atoms with E-state index in [0.29, 0.717) is 0 Å². The van der Waals surface area contributed by atoms with Crippen LogP contribution in [0.15, 0.2) is 0 Å². The van der Waals surface area contributed by atoms with E-state index in [1.165, 1.54) is 0 Å². The second-order valence-corrected chi connectivity index (χ2v) is 0.577. The van der Waals surface area contributed by atoms with Crippen LogP contribution in [0.25, 0.3) is 0 Å². The minimum absolute atomic E-state index is 0. The molecule has 13 heavy (non-hydrogen) atoms. The zero-order valence-corrected chi connectivity index (χ0v) is 20.0. The minimum Gasteiger partial charge on any atom is -0.907 e. The topological polar surface area (TPSA) is 201 Å². The summed E-state index contributed by atoms with van der Waals surface area (Å²) < 4.78 is 0. The summed E-state index contributed by atoms with van der Waals surface area (Å²) in [4.78, 5) is 0. The van der Waals surface area contributed by atoms with E-state index in [9.17, 15) is 0 Å². The van der Waals surface area contributed by atoms with Crippen LogP contribution in [-0.2, 0) is 0 Å². The molecule has 0 aliphatic rings. The summed E-state index contributed by atoms with van der Waals surface area (Å²) in [5, 5.41) is 50.5. The van der Waals surface area contributed by atoms with Gasteiger partial charge in [-0.15, -0.1) is 0 Å². The standard InChI is InChI=1S/2BO3.3Ba.2H2O/c2*2-1(3)4;;;;;/h;;;;;2*1H2/q2*-3;3*+2;;. The Hall–Kier alpha value is 4.52. The Kier molecular flexibility index (Phi) is 119. The van der Waals surface area contributed by atoms with Crippen molar-refractivity contribution in [1.82, 2.24) is 0 Å². The van der Waals surface area contributed by atoms with E-state index in [1.807, 2.05) is 0 Å². The zero-order chi connectivity index (χ0) is 7.15. The summed E-state index contributed by atoms with van der Waals surface area (Å²) in [5.74, 6) is 0. The molecule has 0 rings (SSSR count). The van der Waals surface area contributed by atoms with Gasteiger partial charge in [0.1, 0.15) is 0 Å². The zero-order valence-electron chi connectivity index (χ0n) is 6.73. The Balaban J connectivity index is -0.00000000800. The molecule has 0 aromatic rings. The summed E-state index contributed by atoms with van der Waals surface area (Å²) in [6, 6.07) is 0. The fourth-order valence-corrected chi connectivity index (χ4v) is 0. The predicted molar refractivity (Wildman–Crippen MR) is 36.0 cm³/mol. The van der Waals surface area contributed by atoms with E-state index in [0.717, 1.165) is 0 Å². The number of rotatable bonds is 0. The number of hydrogen-bond acceptors (Lipinski definition) is 6. The summed E-state index contributed by atoms with van der Waals surface area (Å²) in [7, 11) is -5.83. The third-order valence-electron chi connectivity index (χ3n) is 0. The van der Waals surface area contributed by atoms with E-state index in [2.05, 4.69) is 0 Å². The van der Waals surface area contributed by atoms with E-state index in [4.69, 9.17) is 30.1 Å². The maximum absolute atomic E-state index is 8.42. The Morgan fingerprint density at radius 3 is 0.462 bits per heavy atom. The van der Waals surface area contributed by atoms with Crippen LogP contribution in [0.5, 0.6) is 0 Å². The molecule has 8 nitrogen and oxygen atoms in total. The van der Waals surface area contributed by atoms with Crippen LogP contribution in [0.1, 0.15) is 0 Å². The van der Waals surface area contributed by atoms with Crippen LogP contribution in [0.4, 0.5) is 0 Å². The first-order valence-electron chi connectivity index (χ1n) is 1.41.